The normalized spacial score (nSPS) is 9.56. The lowest BCUT2D eigenvalue weighted by molar-refractivity contribution is -0.763. The maximum absolute atomic E-state index is 11.4. The second-order valence-electron chi connectivity index (χ2n) is 3.06. The van der Waals surface area contributed by atoms with E-state index in [-0.39, 0.29) is 12.5 Å². The molecule has 0 radical (unpaired) electrons. The lowest BCUT2D eigenvalue weighted by Crippen LogP contribution is -2.22. The Morgan fingerprint density at radius 2 is 2.31 bits per heavy atom. The van der Waals surface area contributed by atoms with Crippen molar-refractivity contribution >= 4 is 5.91 Å². The minimum absolute atomic E-state index is 0.153. The van der Waals surface area contributed by atoms with Crippen molar-refractivity contribution in [2.24, 2.45) is 0 Å². The Balaban J connectivity index is 2.70. The zero-order chi connectivity index (χ0) is 12.0. The molecule has 0 bridgehead atoms. The van der Waals surface area contributed by atoms with Gasteiger partial charge in [0, 0.05) is 12.1 Å². The van der Waals surface area contributed by atoms with Crippen LogP contribution in [-0.4, -0.2) is 17.5 Å². The van der Waals surface area contributed by atoms with E-state index in [4.69, 9.17) is 0 Å². The Morgan fingerprint density at radius 1 is 1.56 bits per heavy atom. The molecule has 0 heterocycles. The third kappa shape index (κ3) is 3.56. The summed E-state index contributed by atoms with van der Waals surface area (Å²) in [7, 11) is 0. The largest absolute Gasteiger partial charge is 0.352 e. The van der Waals surface area contributed by atoms with Gasteiger partial charge in [-0.25, -0.2) is 0 Å². The number of carbonyl (C=O) groups excluding carboxylic acids is 1. The van der Waals surface area contributed by atoms with Gasteiger partial charge >= 0.3 is 0 Å². The highest BCUT2D eigenvalue weighted by atomic mass is 16.9. The van der Waals surface area contributed by atoms with Crippen molar-refractivity contribution in [3.63, 3.8) is 0 Å². The summed E-state index contributed by atoms with van der Waals surface area (Å²) >= 11 is 0. The number of carbonyl (C=O) groups is 1. The quantitative estimate of drug-likeness (QED) is 0.600. The van der Waals surface area contributed by atoms with Gasteiger partial charge in [-0.05, 0) is 24.6 Å². The smallest absolute Gasteiger partial charge is 0.294 e. The standard InChI is InChI=1S/C10H12N2O4/c1-2-11-10(13)9-5-3-4-8(6-9)7-16-12(14)15/h3-6H,2,7H2,1H3,(H,11,13). The number of rotatable bonds is 5. The van der Waals surface area contributed by atoms with Crippen LogP contribution in [-0.2, 0) is 11.4 Å². The van der Waals surface area contributed by atoms with E-state index in [9.17, 15) is 14.9 Å². The highest BCUT2D eigenvalue weighted by Crippen LogP contribution is 2.06. The molecule has 0 aliphatic rings. The van der Waals surface area contributed by atoms with Crippen LogP contribution in [0.15, 0.2) is 24.3 Å². The van der Waals surface area contributed by atoms with E-state index < -0.39 is 5.09 Å². The molecule has 0 spiro atoms. The van der Waals surface area contributed by atoms with Gasteiger partial charge in [0.1, 0.15) is 6.61 Å². The minimum Gasteiger partial charge on any atom is -0.352 e. The first-order valence-electron chi connectivity index (χ1n) is 4.78. The van der Waals surface area contributed by atoms with Crippen LogP contribution >= 0.6 is 0 Å². The Morgan fingerprint density at radius 3 is 2.94 bits per heavy atom. The van der Waals surface area contributed by atoms with Crippen LogP contribution in [0.2, 0.25) is 0 Å². The van der Waals surface area contributed by atoms with E-state index in [1.807, 2.05) is 6.92 Å². The van der Waals surface area contributed by atoms with E-state index in [1.54, 1.807) is 24.3 Å². The Bertz CT molecular complexity index is 392. The first-order valence-corrected chi connectivity index (χ1v) is 4.78. The zero-order valence-corrected chi connectivity index (χ0v) is 8.80. The zero-order valence-electron chi connectivity index (χ0n) is 8.80. The van der Waals surface area contributed by atoms with Crippen LogP contribution in [0, 0.1) is 10.1 Å². The number of nitrogens with zero attached hydrogens (tertiary/aromatic N) is 1. The SMILES string of the molecule is CCNC(=O)c1cccc(CO[N+](=O)[O-])c1. The number of hydrogen-bond acceptors (Lipinski definition) is 4. The van der Waals surface area contributed by atoms with Gasteiger partial charge in [-0.15, -0.1) is 10.1 Å². The lowest BCUT2D eigenvalue weighted by Gasteiger charge is -2.04. The second kappa shape index (κ2) is 5.69. The van der Waals surface area contributed by atoms with E-state index >= 15 is 0 Å². The summed E-state index contributed by atoms with van der Waals surface area (Å²) in [6, 6.07) is 6.52. The van der Waals surface area contributed by atoms with Crippen molar-refractivity contribution < 1.29 is 14.7 Å². The monoisotopic (exact) mass is 224 g/mol. The molecule has 86 valence electrons. The summed E-state index contributed by atoms with van der Waals surface area (Å²) in [5.41, 5.74) is 1.05. The lowest BCUT2D eigenvalue weighted by atomic mass is 10.1. The number of amides is 1. The number of hydrogen-bond donors (Lipinski definition) is 1. The Labute approximate surface area is 92.3 Å². The molecule has 0 saturated heterocycles. The van der Waals surface area contributed by atoms with E-state index in [2.05, 4.69) is 10.2 Å². The predicted octanol–water partition coefficient (Wildman–Crippen LogP) is 1.14. The molecule has 0 unspecified atom stereocenters. The van der Waals surface area contributed by atoms with E-state index in [0.717, 1.165) is 0 Å². The average Bonchev–Trinajstić information content (AvgIpc) is 2.27. The predicted molar refractivity (Wildman–Crippen MR) is 56.2 cm³/mol. The summed E-state index contributed by atoms with van der Waals surface area (Å²) < 4.78 is 0. The number of benzene rings is 1. The summed E-state index contributed by atoms with van der Waals surface area (Å²) in [6.07, 6.45) is 0. The fourth-order valence-electron chi connectivity index (χ4n) is 1.19. The number of nitrogens with one attached hydrogen (secondary N) is 1. The second-order valence-corrected chi connectivity index (χ2v) is 3.06. The highest BCUT2D eigenvalue weighted by Gasteiger charge is 2.05. The molecule has 1 rings (SSSR count). The molecular formula is C10H12N2O4. The molecular weight excluding hydrogens is 212 g/mol. The molecule has 6 nitrogen and oxygen atoms in total. The van der Waals surface area contributed by atoms with Crippen LogP contribution in [0.5, 0.6) is 0 Å². The van der Waals surface area contributed by atoms with Crippen molar-refractivity contribution in [1.82, 2.24) is 5.32 Å². The molecule has 0 aliphatic carbocycles. The molecule has 0 saturated carbocycles. The molecule has 16 heavy (non-hydrogen) atoms. The van der Waals surface area contributed by atoms with Gasteiger partial charge in [0.2, 0.25) is 0 Å². The molecule has 1 amide bonds. The third-order valence-electron chi connectivity index (χ3n) is 1.86. The first-order chi connectivity index (χ1) is 7.63. The van der Waals surface area contributed by atoms with E-state index in [0.29, 0.717) is 17.7 Å². The fourth-order valence-corrected chi connectivity index (χ4v) is 1.19. The topological polar surface area (TPSA) is 81.5 Å². The summed E-state index contributed by atoms with van der Waals surface area (Å²) in [5.74, 6) is -0.203. The molecule has 1 aromatic rings. The van der Waals surface area contributed by atoms with Gasteiger partial charge in [-0.2, -0.15) is 0 Å². The summed E-state index contributed by atoms with van der Waals surface area (Å²) in [4.78, 5) is 25.7. The molecule has 0 aromatic heterocycles. The van der Waals surface area contributed by atoms with E-state index in [1.165, 1.54) is 0 Å². The first kappa shape index (κ1) is 12.0. The Hall–Kier alpha value is -2.11. The third-order valence-corrected chi connectivity index (χ3v) is 1.86. The molecule has 0 aliphatic heterocycles. The highest BCUT2D eigenvalue weighted by molar-refractivity contribution is 5.94. The van der Waals surface area contributed by atoms with Crippen molar-refractivity contribution in [3.8, 4) is 0 Å². The summed E-state index contributed by atoms with van der Waals surface area (Å²) in [6.45, 7) is 2.20. The van der Waals surface area contributed by atoms with Crippen molar-refractivity contribution in [2.45, 2.75) is 13.5 Å². The molecule has 0 atom stereocenters. The van der Waals surface area contributed by atoms with Gasteiger partial charge in [-0.1, -0.05) is 12.1 Å². The van der Waals surface area contributed by atoms with Gasteiger partial charge < -0.3 is 10.2 Å². The average molecular weight is 224 g/mol. The molecule has 0 fully saturated rings. The van der Waals surface area contributed by atoms with Crippen molar-refractivity contribution in [1.29, 1.82) is 0 Å². The van der Waals surface area contributed by atoms with Crippen molar-refractivity contribution in [3.05, 3.63) is 45.5 Å². The maximum atomic E-state index is 11.4. The van der Waals surface area contributed by atoms with Crippen LogP contribution in [0.3, 0.4) is 0 Å². The van der Waals surface area contributed by atoms with Crippen LogP contribution in [0.4, 0.5) is 0 Å². The summed E-state index contributed by atoms with van der Waals surface area (Å²) in [5, 5.41) is 11.8. The molecule has 6 heteroatoms. The van der Waals surface area contributed by atoms with Gasteiger partial charge in [0.25, 0.3) is 11.0 Å². The van der Waals surface area contributed by atoms with Gasteiger partial charge in [0.05, 0.1) is 0 Å². The van der Waals surface area contributed by atoms with Crippen molar-refractivity contribution in [2.75, 3.05) is 6.54 Å². The fraction of sp³-hybridized carbons (Fsp3) is 0.300. The van der Waals surface area contributed by atoms with Crippen LogP contribution in [0.1, 0.15) is 22.8 Å². The van der Waals surface area contributed by atoms with Crippen LogP contribution in [0.25, 0.3) is 0 Å². The van der Waals surface area contributed by atoms with Crippen LogP contribution < -0.4 is 5.32 Å². The van der Waals surface area contributed by atoms with Gasteiger partial charge in [0.15, 0.2) is 0 Å². The Kier molecular flexibility index (Phi) is 4.26. The minimum atomic E-state index is -0.862. The molecule has 1 N–H and O–H groups in total. The molecule has 1 aromatic carbocycles. The van der Waals surface area contributed by atoms with Gasteiger partial charge in [-0.3, -0.25) is 4.79 Å². The maximum Gasteiger partial charge on any atom is 0.294 e.